The molecular formula is C27H26N4O3. The molecule has 0 atom stereocenters. The Morgan fingerprint density at radius 3 is 2.41 bits per heavy atom. The number of carbonyl (C=O) groups excluding carboxylic acids is 1. The molecule has 0 aliphatic carbocycles. The van der Waals surface area contributed by atoms with Gasteiger partial charge >= 0.3 is 6.01 Å². The van der Waals surface area contributed by atoms with Crippen LogP contribution in [0.1, 0.15) is 11.1 Å². The van der Waals surface area contributed by atoms with Crippen LogP contribution in [0.4, 0.5) is 5.69 Å². The molecule has 34 heavy (non-hydrogen) atoms. The molecule has 0 fully saturated rings. The highest BCUT2D eigenvalue weighted by atomic mass is 16.5. The van der Waals surface area contributed by atoms with Crippen molar-refractivity contribution in [3.8, 4) is 23.1 Å². The fraction of sp³-hybridized carbons (Fsp3) is 0.148. The number of ether oxygens (including phenoxy) is 2. The van der Waals surface area contributed by atoms with Crippen molar-refractivity contribution in [3.63, 3.8) is 0 Å². The minimum Gasteiger partial charge on any atom is -0.460 e. The zero-order valence-electron chi connectivity index (χ0n) is 19.1. The lowest BCUT2D eigenvalue weighted by Gasteiger charge is -2.08. The number of aryl methyl sites for hydroxylation is 1. The van der Waals surface area contributed by atoms with Gasteiger partial charge in [0.1, 0.15) is 6.61 Å². The van der Waals surface area contributed by atoms with E-state index in [9.17, 15) is 4.79 Å². The molecular weight excluding hydrogens is 428 g/mol. The van der Waals surface area contributed by atoms with Crippen LogP contribution in [-0.4, -0.2) is 41.0 Å². The van der Waals surface area contributed by atoms with Crippen LogP contribution in [0.25, 0.3) is 23.2 Å². The molecule has 0 saturated heterocycles. The van der Waals surface area contributed by atoms with Gasteiger partial charge in [0.15, 0.2) is 5.82 Å². The molecule has 1 N–H and O–H groups in total. The molecule has 4 rings (SSSR count). The molecule has 7 nitrogen and oxygen atoms in total. The highest BCUT2D eigenvalue weighted by Gasteiger charge is 2.15. The number of aromatic nitrogens is 3. The first-order chi connectivity index (χ1) is 16.6. The Balaban J connectivity index is 1.53. The van der Waals surface area contributed by atoms with E-state index >= 15 is 0 Å². The third-order valence-electron chi connectivity index (χ3n) is 5.02. The summed E-state index contributed by atoms with van der Waals surface area (Å²) in [5.41, 5.74) is 4.52. The predicted molar refractivity (Wildman–Crippen MR) is 133 cm³/mol. The van der Waals surface area contributed by atoms with E-state index in [-0.39, 0.29) is 11.9 Å². The maximum Gasteiger partial charge on any atom is 0.336 e. The summed E-state index contributed by atoms with van der Waals surface area (Å²) in [6, 6.07) is 25.4. The summed E-state index contributed by atoms with van der Waals surface area (Å²) >= 11 is 0. The summed E-state index contributed by atoms with van der Waals surface area (Å²) in [6.45, 7) is 2.84. The van der Waals surface area contributed by atoms with Crippen molar-refractivity contribution < 1.29 is 14.3 Å². The normalized spacial score (nSPS) is 11.0. The molecule has 0 aliphatic rings. The number of nitrogens with one attached hydrogen (secondary N) is 1. The topological polar surface area (TPSA) is 78.3 Å². The lowest BCUT2D eigenvalue weighted by molar-refractivity contribution is -0.111. The minimum absolute atomic E-state index is 0.202. The number of hydrogen-bond donors (Lipinski definition) is 1. The Bertz CT molecular complexity index is 1250. The van der Waals surface area contributed by atoms with E-state index in [1.807, 2.05) is 85.8 Å². The van der Waals surface area contributed by atoms with Gasteiger partial charge in [-0.15, -0.1) is 5.10 Å². The molecule has 3 aromatic carbocycles. The fourth-order valence-corrected chi connectivity index (χ4v) is 3.25. The Kier molecular flexibility index (Phi) is 7.47. The second kappa shape index (κ2) is 11.1. The first-order valence-corrected chi connectivity index (χ1v) is 10.9. The SMILES string of the molecule is COCCOc1nc(-c2ccc(C)cc2)n(-c2ccc(NC(=O)/C=C/c3ccccc3)cc2)n1. The first-order valence-electron chi connectivity index (χ1n) is 10.9. The van der Waals surface area contributed by atoms with Crippen LogP contribution in [0.15, 0.2) is 84.9 Å². The maximum atomic E-state index is 12.3. The summed E-state index contributed by atoms with van der Waals surface area (Å²) in [7, 11) is 1.62. The lowest BCUT2D eigenvalue weighted by Crippen LogP contribution is -2.08. The van der Waals surface area contributed by atoms with E-state index in [1.165, 1.54) is 6.08 Å². The predicted octanol–water partition coefficient (Wildman–Crippen LogP) is 4.92. The molecule has 0 radical (unpaired) electrons. The van der Waals surface area contributed by atoms with Crippen LogP contribution >= 0.6 is 0 Å². The van der Waals surface area contributed by atoms with Crippen LogP contribution < -0.4 is 10.1 Å². The van der Waals surface area contributed by atoms with Crippen molar-refractivity contribution >= 4 is 17.7 Å². The van der Waals surface area contributed by atoms with Gasteiger partial charge < -0.3 is 14.8 Å². The fourth-order valence-electron chi connectivity index (χ4n) is 3.25. The molecule has 7 heteroatoms. The van der Waals surface area contributed by atoms with Crippen molar-refractivity contribution in [3.05, 3.63) is 96.1 Å². The first kappa shape index (κ1) is 22.9. The molecule has 0 unspecified atom stereocenters. The summed E-state index contributed by atoms with van der Waals surface area (Å²) < 4.78 is 12.4. The van der Waals surface area contributed by atoms with Crippen LogP contribution in [0.2, 0.25) is 0 Å². The average Bonchev–Trinajstić information content (AvgIpc) is 3.29. The number of hydrogen-bond acceptors (Lipinski definition) is 5. The summed E-state index contributed by atoms with van der Waals surface area (Å²) in [4.78, 5) is 16.9. The minimum atomic E-state index is -0.202. The zero-order chi connectivity index (χ0) is 23.8. The largest absolute Gasteiger partial charge is 0.460 e. The number of methoxy groups -OCH3 is 1. The van der Waals surface area contributed by atoms with E-state index in [4.69, 9.17) is 9.47 Å². The highest BCUT2D eigenvalue weighted by Crippen LogP contribution is 2.25. The van der Waals surface area contributed by atoms with Crippen molar-refractivity contribution in [1.82, 2.24) is 14.8 Å². The van der Waals surface area contributed by atoms with E-state index in [1.54, 1.807) is 17.9 Å². The van der Waals surface area contributed by atoms with E-state index in [0.29, 0.717) is 24.7 Å². The Hall–Kier alpha value is -4.23. The van der Waals surface area contributed by atoms with Gasteiger partial charge in [-0.05, 0) is 42.8 Å². The summed E-state index contributed by atoms with van der Waals surface area (Å²) in [5.74, 6) is 0.460. The van der Waals surface area contributed by atoms with Crippen LogP contribution in [-0.2, 0) is 9.53 Å². The molecule has 4 aromatic rings. The molecule has 1 heterocycles. The summed E-state index contributed by atoms with van der Waals surface area (Å²) in [6.07, 6.45) is 3.29. The number of anilines is 1. The average molecular weight is 455 g/mol. The quantitative estimate of drug-likeness (QED) is 0.287. The molecule has 0 saturated carbocycles. The molecule has 1 amide bonds. The number of benzene rings is 3. The van der Waals surface area contributed by atoms with Gasteiger partial charge in [-0.25, -0.2) is 4.68 Å². The van der Waals surface area contributed by atoms with E-state index in [2.05, 4.69) is 15.4 Å². The number of nitrogens with zero attached hydrogens (tertiary/aromatic N) is 3. The molecule has 0 bridgehead atoms. The van der Waals surface area contributed by atoms with Crippen LogP contribution in [0, 0.1) is 6.92 Å². The monoisotopic (exact) mass is 454 g/mol. The van der Waals surface area contributed by atoms with Crippen LogP contribution in [0.3, 0.4) is 0 Å². The Labute approximate surface area is 198 Å². The smallest absolute Gasteiger partial charge is 0.336 e. The molecule has 1 aromatic heterocycles. The van der Waals surface area contributed by atoms with Crippen molar-refractivity contribution in [2.45, 2.75) is 6.92 Å². The Morgan fingerprint density at radius 1 is 0.971 bits per heavy atom. The van der Waals surface area contributed by atoms with Gasteiger partial charge in [-0.3, -0.25) is 4.79 Å². The van der Waals surface area contributed by atoms with Crippen LogP contribution in [0.5, 0.6) is 6.01 Å². The van der Waals surface area contributed by atoms with Gasteiger partial charge in [-0.2, -0.15) is 4.98 Å². The van der Waals surface area contributed by atoms with Gasteiger partial charge in [-0.1, -0.05) is 60.2 Å². The highest BCUT2D eigenvalue weighted by molar-refractivity contribution is 6.01. The van der Waals surface area contributed by atoms with Gasteiger partial charge in [0, 0.05) is 24.4 Å². The van der Waals surface area contributed by atoms with E-state index in [0.717, 1.165) is 22.4 Å². The van der Waals surface area contributed by atoms with Crippen molar-refractivity contribution in [2.24, 2.45) is 0 Å². The second-order valence-electron chi connectivity index (χ2n) is 7.62. The summed E-state index contributed by atoms with van der Waals surface area (Å²) in [5, 5.41) is 7.41. The standard InChI is InChI=1S/C27H26N4O3/c1-20-8-11-22(12-9-20)26-29-27(34-19-18-33-2)30-31(26)24-15-13-23(14-16-24)28-25(32)17-10-21-6-4-3-5-7-21/h3-17H,18-19H2,1-2H3,(H,28,32)/b17-10+. The zero-order valence-corrected chi connectivity index (χ0v) is 19.1. The van der Waals surface area contributed by atoms with Gasteiger partial charge in [0.2, 0.25) is 5.91 Å². The number of rotatable bonds is 9. The molecule has 0 spiro atoms. The molecule has 172 valence electrons. The van der Waals surface area contributed by atoms with Gasteiger partial charge in [0.05, 0.1) is 12.3 Å². The van der Waals surface area contributed by atoms with Gasteiger partial charge in [0.25, 0.3) is 0 Å². The third-order valence-corrected chi connectivity index (χ3v) is 5.02. The lowest BCUT2D eigenvalue weighted by atomic mass is 10.1. The second-order valence-corrected chi connectivity index (χ2v) is 7.62. The van der Waals surface area contributed by atoms with Crippen molar-refractivity contribution in [1.29, 1.82) is 0 Å². The van der Waals surface area contributed by atoms with Crippen molar-refractivity contribution in [2.75, 3.05) is 25.6 Å². The maximum absolute atomic E-state index is 12.3. The number of amides is 1. The number of carbonyl (C=O) groups is 1. The Morgan fingerprint density at radius 2 is 1.71 bits per heavy atom. The van der Waals surface area contributed by atoms with E-state index < -0.39 is 0 Å². The molecule has 0 aliphatic heterocycles. The third kappa shape index (κ3) is 5.96.